The number of aliphatic imine (C=N–C) groups is 1. The third kappa shape index (κ3) is 8.83. The van der Waals surface area contributed by atoms with Gasteiger partial charge < -0.3 is 15.4 Å². The summed E-state index contributed by atoms with van der Waals surface area (Å²) in [6, 6.07) is 7.37. The molecule has 1 aromatic carbocycles. The zero-order valence-corrected chi connectivity index (χ0v) is 19.2. The Labute approximate surface area is 183 Å². The Hall–Kier alpha value is -1.48. The maximum atomic E-state index is 5.89. The molecule has 0 fully saturated rings. The fourth-order valence-corrected chi connectivity index (χ4v) is 2.58. The van der Waals surface area contributed by atoms with E-state index in [2.05, 4.69) is 32.7 Å². The summed E-state index contributed by atoms with van der Waals surface area (Å²) in [6.45, 7) is 8.34. The molecule has 27 heavy (non-hydrogen) atoms. The summed E-state index contributed by atoms with van der Waals surface area (Å²) in [7, 11) is 0. The van der Waals surface area contributed by atoms with Crippen LogP contribution in [-0.2, 0) is 6.42 Å². The van der Waals surface area contributed by atoms with Crippen LogP contribution in [0.15, 0.2) is 35.5 Å². The first-order chi connectivity index (χ1) is 12.6. The van der Waals surface area contributed by atoms with Gasteiger partial charge in [-0.3, -0.25) is 5.10 Å². The van der Waals surface area contributed by atoms with Crippen molar-refractivity contribution < 1.29 is 4.74 Å². The van der Waals surface area contributed by atoms with Gasteiger partial charge in [0.25, 0.3) is 0 Å². The highest BCUT2D eigenvalue weighted by atomic mass is 127. The van der Waals surface area contributed by atoms with Gasteiger partial charge in [-0.15, -0.1) is 24.0 Å². The lowest BCUT2D eigenvalue weighted by Crippen LogP contribution is -2.38. The number of nitrogens with one attached hydrogen (secondary N) is 3. The molecule has 2 aromatic rings. The molecule has 2 rings (SSSR count). The third-order valence-electron chi connectivity index (χ3n) is 3.85. The first kappa shape index (κ1) is 23.6. The van der Waals surface area contributed by atoms with Crippen molar-refractivity contribution in [3.63, 3.8) is 0 Å². The molecule has 0 amide bonds. The number of halogens is 2. The van der Waals surface area contributed by atoms with Crippen molar-refractivity contribution in [3.05, 3.63) is 46.7 Å². The Morgan fingerprint density at radius 3 is 2.67 bits per heavy atom. The van der Waals surface area contributed by atoms with Crippen molar-refractivity contribution >= 4 is 41.5 Å². The highest BCUT2D eigenvalue weighted by Crippen LogP contribution is 2.16. The average molecular weight is 506 g/mol. The number of aromatic nitrogens is 2. The first-order valence-electron chi connectivity index (χ1n) is 9.01. The standard InChI is InChI=1S/C19H28ClN5O.HI/c1-4-21-19(22-11-5-6-16-13-24-25-15(16)3)23-12-14(2)26-18-9-7-17(20)8-10-18;/h7-10,13-14H,4-6,11-12H2,1-3H3,(H,24,25)(H2,21,22,23);1H. The van der Waals surface area contributed by atoms with Crippen LogP contribution in [0.1, 0.15) is 31.5 Å². The summed E-state index contributed by atoms with van der Waals surface area (Å²) < 4.78 is 5.85. The van der Waals surface area contributed by atoms with Gasteiger partial charge in [-0.1, -0.05) is 11.6 Å². The van der Waals surface area contributed by atoms with Gasteiger partial charge in [0.1, 0.15) is 11.9 Å². The highest BCUT2D eigenvalue weighted by molar-refractivity contribution is 14.0. The second kappa shape index (κ2) is 12.8. The van der Waals surface area contributed by atoms with Crippen molar-refractivity contribution in [2.45, 2.75) is 39.7 Å². The largest absolute Gasteiger partial charge is 0.489 e. The van der Waals surface area contributed by atoms with E-state index >= 15 is 0 Å². The summed E-state index contributed by atoms with van der Waals surface area (Å²) in [5.41, 5.74) is 2.40. The van der Waals surface area contributed by atoms with Gasteiger partial charge in [0.05, 0.1) is 12.7 Å². The molecule has 0 saturated heterocycles. The monoisotopic (exact) mass is 505 g/mol. The van der Waals surface area contributed by atoms with Crippen LogP contribution in [0.2, 0.25) is 5.02 Å². The molecule has 1 atom stereocenters. The number of ether oxygens (including phenoxy) is 1. The summed E-state index contributed by atoms with van der Waals surface area (Å²) in [5, 5.41) is 14.3. The Morgan fingerprint density at radius 2 is 2.04 bits per heavy atom. The second-order valence-corrected chi connectivity index (χ2v) is 6.59. The topological polar surface area (TPSA) is 74.3 Å². The van der Waals surface area contributed by atoms with Crippen LogP contribution in [0, 0.1) is 6.92 Å². The quantitative estimate of drug-likeness (QED) is 0.209. The van der Waals surface area contributed by atoms with Crippen LogP contribution < -0.4 is 15.4 Å². The van der Waals surface area contributed by atoms with Crippen LogP contribution in [0.25, 0.3) is 0 Å². The molecule has 0 aliphatic heterocycles. The molecule has 8 heteroatoms. The average Bonchev–Trinajstić information content (AvgIpc) is 3.03. The molecule has 0 aliphatic carbocycles. The van der Waals surface area contributed by atoms with E-state index in [-0.39, 0.29) is 30.1 Å². The zero-order valence-electron chi connectivity index (χ0n) is 16.1. The van der Waals surface area contributed by atoms with E-state index in [0.29, 0.717) is 11.6 Å². The van der Waals surface area contributed by atoms with Crippen LogP contribution in [0.5, 0.6) is 5.75 Å². The van der Waals surface area contributed by atoms with Crippen molar-refractivity contribution in [3.8, 4) is 5.75 Å². The zero-order chi connectivity index (χ0) is 18.8. The molecule has 1 unspecified atom stereocenters. The molecule has 6 nitrogen and oxygen atoms in total. The van der Waals surface area contributed by atoms with E-state index in [9.17, 15) is 0 Å². The SMILES string of the molecule is CCNC(=NCC(C)Oc1ccc(Cl)cc1)NCCCc1cn[nH]c1C.I. The van der Waals surface area contributed by atoms with Gasteiger partial charge in [0.2, 0.25) is 0 Å². The van der Waals surface area contributed by atoms with Crippen LogP contribution >= 0.6 is 35.6 Å². The number of aryl methyl sites for hydroxylation is 2. The summed E-state index contributed by atoms with van der Waals surface area (Å²) >= 11 is 5.89. The van der Waals surface area contributed by atoms with Gasteiger partial charge in [-0.05, 0) is 63.4 Å². The number of benzene rings is 1. The van der Waals surface area contributed by atoms with Gasteiger partial charge in [-0.25, -0.2) is 4.99 Å². The van der Waals surface area contributed by atoms with E-state index in [1.165, 1.54) is 5.56 Å². The number of hydrogen-bond donors (Lipinski definition) is 3. The van der Waals surface area contributed by atoms with Gasteiger partial charge >= 0.3 is 0 Å². The molecule has 0 bridgehead atoms. The lowest BCUT2D eigenvalue weighted by atomic mass is 10.1. The van der Waals surface area contributed by atoms with E-state index in [4.69, 9.17) is 16.3 Å². The van der Waals surface area contributed by atoms with Crippen molar-refractivity contribution in [2.75, 3.05) is 19.6 Å². The van der Waals surface area contributed by atoms with Gasteiger partial charge in [0, 0.05) is 23.8 Å². The summed E-state index contributed by atoms with van der Waals surface area (Å²) in [5.74, 6) is 1.61. The molecule has 0 spiro atoms. The Kier molecular flexibility index (Phi) is 11.2. The molecule has 3 N–H and O–H groups in total. The minimum atomic E-state index is -0.0276. The minimum absolute atomic E-state index is 0. The highest BCUT2D eigenvalue weighted by Gasteiger charge is 2.05. The fraction of sp³-hybridized carbons (Fsp3) is 0.474. The van der Waals surface area contributed by atoms with E-state index < -0.39 is 0 Å². The number of H-pyrrole nitrogens is 1. The van der Waals surface area contributed by atoms with Gasteiger partial charge in [0.15, 0.2) is 5.96 Å². The fourth-order valence-electron chi connectivity index (χ4n) is 2.46. The van der Waals surface area contributed by atoms with Crippen LogP contribution in [0.4, 0.5) is 0 Å². The molecule has 1 aromatic heterocycles. The van der Waals surface area contributed by atoms with Crippen molar-refractivity contribution in [1.29, 1.82) is 0 Å². The summed E-state index contributed by atoms with van der Waals surface area (Å²) in [6.07, 6.45) is 3.87. The first-order valence-corrected chi connectivity index (χ1v) is 9.39. The summed E-state index contributed by atoms with van der Waals surface area (Å²) in [4.78, 5) is 4.60. The molecule has 0 saturated carbocycles. The Bertz CT molecular complexity index is 690. The van der Waals surface area contributed by atoms with E-state index in [1.807, 2.05) is 44.3 Å². The maximum Gasteiger partial charge on any atom is 0.191 e. The lowest BCUT2D eigenvalue weighted by Gasteiger charge is -2.15. The minimum Gasteiger partial charge on any atom is -0.489 e. The van der Waals surface area contributed by atoms with Gasteiger partial charge in [-0.2, -0.15) is 5.10 Å². The van der Waals surface area contributed by atoms with E-state index in [0.717, 1.165) is 43.3 Å². The number of aromatic amines is 1. The third-order valence-corrected chi connectivity index (χ3v) is 4.10. The normalized spacial score (nSPS) is 12.2. The van der Waals surface area contributed by atoms with Crippen LogP contribution in [0.3, 0.4) is 0 Å². The Morgan fingerprint density at radius 1 is 1.30 bits per heavy atom. The maximum absolute atomic E-state index is 5.89. The number of nitrogens with zero attached hydrogens (tertiary/aromatic N) is 2. The Balaban J connectivity index is 0.00000364. The predicted octanol–water partition coefficient (Wildman–Crippen LogP) is 3.94. The predicted molar refractivity (Wildman–Crippen MR) is 123 cm³/mol. The molecule has 150 valence electrons. The van der Waals surface area contributed by atoms with E-state index in [1.54, 1.807) is 0 Å². The molecule has 0 aliphatic rings. The van der Waals surface area contributed by atoms with Crippen molar-refractivity contribution in [2.24, 2.45) is 4.99 Å². The molecule has 0 radical (unpaired) electrons. The number of hydrogen-bond acceptors (Lipinski definition) is 3. The smallest absolute Gasteiger partial charge is 0.191 e. The van der Waals surface area contributed by atoms with Crippen molar-refractivity contribution in [1.82, 2.24) is 20.8 Å². The number of rotatable bonds is 9. The second-order valence-electron chi connectivity index (χ2n) is 6.15. The molecular weight excluding hydrogens is 477 g/mol. The number of guanidine groups is 1. The molecular formula is C19H29ClIN5O. The lowest BCUT2D eigenvalue weighted by molar-refractivity contribution is 0.230. The van der Waals surface area contributed by atoms with Crippen LogP contribution in [-0.4, -0.2) is 41.9 Å². The molecule has 1 heterocycles.